The van der Waals surface area contributed by atoms with Crippen LogP contribution in [-0.4, -0.2) is 18.6 Å². The van der Waals surface area contributed by atoms with Crippen LogP contribution in [0, 0.1) is 6.92 Å². The fourth-order valence-corrected chi connectivity index (χ4v) is 3.56. The highest BCUT2D eigenvalue weighted by Crippen LogP contribution is 2.35. The van der Waals surface area contributed by atoms with E-state index in [1.165, 1.54) is 5.56 Å². The van der Waals surface area contributed by atoms with Gasteiger partial charge in [0.15, 0.2) is 5.76 Å². The first kappa shape index (κ1) is 18.8. The second kappa shape index (κ2) is 8.25. The highest BCUT2D eigenvalue weighted by atomic mass is 16.5. The zero-order chi connectivity index (χ0) is 20.2. The third-order valence-electron chi connectivity index (χ3n) is 5.07. The standard InChI is InChI=1S/C25H21NO3/c1-17-21(19-8-4-3-5-9-19)11-12-22(23(17)16-28-2)25-14-24(26-29-25)20-10-6-7-18(13-20)15-27/h3-15H,16H2,1-2H3. The Morgan fingerprint density at radius 2 is 1.69 bits per heavy atom. The van der Waals surface area contributed by atoms with E-state index in [9.17, 15) is 4.79 Å². The van der Waals surface area contributed by atoms with E-state index in [0.29, 0.717) is 23.6 Å². The molecule has 0 unspecified atom stereocenters. The summed E-state index contributed by atoms with van der Waals surface area (Å²) in [6, 6.07) is 23.7. The van der Waals surface area contributed by atoms with Crippen molar-refractivity contribution in [3.63, 3.8) is 0 Å². The first-order valence-corrected chi connectivity index (χ1v) is 9.41. The summed E-state index contributed by atoms with van der Waals surface area (Å²) in [6.45, 7) is 2.57. The van der Waals surface area contributed by atoms with Crippen LogP contribution < -0.4 is 0 Å². The van der Waals surface area contributed by atoms with Gasteiger partial charge in [0.1, 0.15) is 12.0 Å². The minimum absolute atomic E-state index is 0.471. The molecule has 0 bridgehead atoms. The Hall–Kier alpha value is -3.50. The molecule has 0 saturated carbocycles. The number of hydrogen-bond acceptors (Lipinski definition) is 4. The fourth-order valence-electron chi connectivity index (χ4n) is 3.56. The molecule has 0 fully saturated rings. The predicted molar refractivity (Wildman–Crippen MR) is 114 cm³/mol. The Morgan fingerprint density at radius 3 is 2.45 bits per heavy atom. The summed E-state index contributed by atoms with van der Waals surface area (Å²) < 4.78 is 11.2. The summed E-state index contributed by atoms with van der Waals surface area (Å²) in [4.78, 5) is 11.1. The number of aldehydes is 1. The monoisotopic (exact) mass is 383 g/mol. The average Bonchev–Trinajstić information content (AvgIpc) is 3.26. The molecule has 4 aromatic rings. The topological polar surface area (TPSA) is 52.3 Å². The van der Waals surface area contributed by atoms with Crippen molar-refractivity contribution in [2.75, 3.05) is 7.11 Å². The molecule has 144 valence electrons. The van der Waals surface area contributed by atoms with Crippen molar-refractivity contribution in [1.29, 1.82) is 0 Å². The lowest BCUT2D eigenvalue weighted by Crippen LogP contribution is -1.98. The third kappa shape index (κ3) is 3.75. The zero-order valence-electron chi connectivity index (χ0n) is 16.4. The van der Waals surface area contributed by atoms with Crippen LogP contribution in [0.15, 0.2) is 77.3 Å². The average molecular weight is 383 g/mol. The maximum absolute atomic E-state index is 11.1. The van der Waals surface area contributed by atoms with Crippen molar-refractivity contribution < 1.29 is 14.1 Å². The maximum atomic E-state index is 11.1. The molecule has 29 heavy (non-hydrogen) atoms. The number of nitrogens with zero attached hydrogens (tertiary/aromatic N) is 1. The van der Waals surface area contributed by atoms with Gasteiger partial charge in [-0.2, -0.15) is 0 Å². The van der Waals surface area contributed by atoms with Crippen LogP contribution in [0.5, 0.6) is 0 Å². The number of hydrogen-bond donors (Lipinski definition) is 0. The van der Waals surface area contributed by atoms with Gasteiger partial charge in [-0.3, -0.25) is 4.79 Å². The van der Waals surface area contributed by atoms with E-state index in [1.54, 1.807) is 19.2 Å². The van der Waals surface area contributed by atoms with Gasteiger partial charge in [-0.15, -0.1) is 0 Å². The summed E-state index contributed by atoms with van der Waals surface area (Å²) in [6.07, 6.45) is 0.826. The molecule has 0 aliphatic rings. The van der Waals surface area contributed by atoms with Gasteiger partial charge in [-0.1, -0.05) is 65.8 Å². The lowest BCUT2D eigenvalue weighted by molar-refractivity contribution is 0.112. The Morgan fingerprint density at radius 1 is 0.931 bits per heavy atom. The first-order chi connectivity index (χ1) is 14.2. The Kier molecular flexibility index (Phi) is 5.36. The molecule has 0 N–H and O–H groups in total. The number of methoxy groups -OCH3 is 1. The van der Waals surface area contributed by atoms with Gasteiger partial charge in [0.2, 0.25) is 0 Å². The van der Waals surface area contributed by atoms with Crippen LogP contribution in [0.4, 0.5) is 0 Å². The molecule has 0 saturated heterocycles. The van der Waals surface area contributed by atoms with Crippen molar-refractivity contribution in [2.45, 2.75) is 13.5 Å². The second-order valence-electron chi connectivity index (χ2n) is 6.88. The number of benzene rings is 3. The van der Waals surface area contributed by atoms with Crippen LogP contribution in [0.1, 0.15) is 21.5 Å². The Bertz CT molecular complexity index is 1150. The van der Waals surface area contributed by atoms with Gasteiger partial charge < -0.3 is 9.26 Å². The molecule has 1 aromatic heterocycles. The fraction of sp³-hybridized carbons (Fsp3) is 0.120. The lowest BCUT2D eigenvalue weighted by atomic mass is 9.92. The summed E-state index contributed by atoms with van der Waals surface area (Å²) in [5.41, 5.74) is 7.64. The lowest BCUT2D eigenvalue weighted by Gasteiger charge is -2.15. The van der Waals surface area contributed by atoms with Crippen molar-refractivity contribution in [2.24, 2.45) is 0 Å². The van der Waals surface area contributed by atoms with E-state index < -0.39 is 0 Å². The molecule has 0 aliphatic heterocycles. The zero-order valence-corrected chi connectivity index (χ0v) is 16.4. The largest absolute Gasteiger partial charge is 0.380 e. The number of aromatic nitrogens is 1. The maximum Gasteiger partial charge on any atom is 0.167 e. The van der Waals surface area contributed by atoms with Crippen molar-refractivity contribution in [3.05, 3.63) is 89.5 Å². The summed E-state index contributed by atoms with van der Waals surface area (Å²) in [5.74, 6) is 0.672. The van der Waals surface area contributed by atoms with Crippen LogP contribution in [0.2, 0.25) is 0 Å². The highest BCUT2D eigenvalue weighted by molar-refractivity contribution is 5.80. The van der Waals surface area contributed by atoms with E-state index in [4.69, 9.17) is 9.26 Å². The second-order valence-corrected chi connectivity index (χ2v) is 6.88. The van der Waals surface area contributed by atoms with Crippen molar-refractivity contribution in [3.8, 4) is 33.7 Å². The molecule has 0 spiro atoms. The summed E-state index contributed by atoms with van der Waals surface area (Å²) >= 11 is 0. The van der Waals surface area contributed by atoms with Gasteiger partial charge >= 0.3 is 0 Å². The molecule has 4 nitrogen and oxygen atoms in total. The number of carbonyl (C=O) groups is 1. The van der Waals surface area contributed by atoms with E-state index in [2.05, 4.69) is 36.3 Å². The summed E-state index contributed by atoms with van der Waals surface area (Å²) in [5, 5.41) is 4.22. The third-order valence-corrected chi connectivity index (χ3v) is 5.07. The highest BCUT2D eigenvalue weighted by Gasteiger charge is 2.17. The SMILES string of the molecule is COCc1c(-c2cc(-c3cccc(C=O)c3)no2)ccc(-c2ccccc2)c1C. The van der Waals surface area contributed by atoms with Crippen molar-refractivity contribution >= 4 is 6.29 Å². The van der Waals surface area contributed by atoms with Gasteiger partial charge in [0, 0.05) is 29.9 Å². The molecular formula is C25H21NO3. The molecule has 1 heterocycles. The van der Waals surface area contributed by atoms with Gasteiger partial charge in [-0.05, 0) is 35.2 Å². The molecule has 0 aliphatic carbocycles. The molecule has 4 rings (SSSR count). The van der Waals surface area contributed by atoms with Crippen LogP contribution in [0.25, 0.3) is 33.7 Å². The van der Waals surface area contributed by atoms with Gasteiger partial charge in [-0.25, -0.2) is 0 Å². The van der Waals surface area contributed by atoms with E-state index in [-0.39, 0.29) is 0 Å². The Balaban J connectivity index is 1.78. The van der Waals surface area contributed by atoms with Gasteiger partial charge in [0.05, 0.1) is 6.61 Å². The molecule has 0 atom stereocenters. The van der Waals surface area contributed by atoms with E-state index in [1.807, 2.05) is 36.4 Å². The minimum Gasteiger partial charge on any atom is -0.380 e. The molecule has 0 radical (unpaired) electrons. The summed E-state index contributed by atoms with van der Waals surface area (Å²) in [7, 11) is 1.69. The number of ether oxygens (including phenoxy) is 1. The first-order valence-electron chi connectivity index (χ1n) is 9.41. The Labute approximate surface area is 169 Å². The van der Waals surface area contributed by atoms with Gasteiger partial charge in [0.25, 0.3) is 0 Å². The quantitative estimate of drug-likeness (QED) is 0.387. The van der Waals surface area contributed by atoms with Crippen LogP contribution in [0.3, 0.4) is 0 Å². The van der Waals surface area contributed by atoms with E-state index >= 15 is 0 Å². The number of carbonyl (C=O) groups excluding carboxylic acids is 1. The smallest absolute Gasteiger partial charge is 0.167 e. The number of rotatable bonds is 6. The predicted octanol–water partition coefficient (Wildman–Crippen LogP) is 5.94. The molecule has 4 heteroatoms. The molecule has 3 aromatic carbocycles. The normalized spacial score (nSPS) is 10.8. The van der Waals surface area contributed by atoms with Crippen LogP contribution >= 0.6 is 0 Å². The molecule has 0 amide bonds. The minimum atomic E-state index is 0.471. The van der Waals surface area contributed by atoms with E-state index in [0.717, 1.165) is 34.1 Å². The van der Waals surface area contributed by atoms with Crippen molar-refractivity contribution in [1.82, 2.24) is 5.16 Å². The van der Waals surface area contributed by atoms with Crippen LogP contribution in [-0.2, 0) is 11.3 Å². The molecular weight excluding hydrogens is 362 g/mol.